The molecule has 349 valence electrons. The van der Waals surface area contributed by atoms with E-state index in [-0.39, 0.29) is 0 Å². The Balaban J connectivity index is 2.14. The van der Waals surface area contributed by atoms with Crippen LogP contribution in [0.1, 0.15) is 243 Å². The Morgan fingerprint density at radius 1 is 0.333 bits per heavy atom. The molecular weight excluding hydrogens is 773 g/mol. The molecule has 0 amide bonds. The van der Waals surface area contributed by atoms with Crippen LogP contribution in [-0.2, 0) is 38.5 Å². The summed E-state index contributed by atoms with van der Waals surface area (Å²) in [6, 6.07) is 24.7. The van der Waals surface area contributed by atoms with Crippen LogP contribution in [0.25, 0.3) is 0 Å². The zero-order chi connectivity index (χ0) is 45.1. The fraction of sp³-hybridized carbons (Fsp3) is 0.629. The molecular formula is C62H97Si. The first kappa shape index (κ1) is 53.0. The minimum absolute atomic E-state index is 0.462. The minimum atomic E-state index is -2.87. The molecule has 0 nitrogen and oxygen atoms in total. The lowest BCUT2D eigenvalue weighted by atomic mass is 10.00. The lowest BCUT2D eigenvalue weighted by molar-refractivity contribution is 0.661. The van der Waals surface area contributed by atoms with Crippen LogP contribution in [0.3, 0.4) is 0 Å². The molecule has 1 radical (unpaired) electrons. The molecule has 1 aliphatic carbocycles. The highest BCUT2D eigenvalue weighted by atomic mass is 28.3. The quantitative estimate of drug-likeness (QED) is 0.0314. The highest BCUT2D eigenvalue weighted by molar-refractivity contribution is 7.16. The third-order valence-corrected chi connectivity index (χ3v) is 19.0. The Kier molecular flexibility index (Phi) is 25.7. The standard InChI is InChI=1S/C62H97Si/c1-9-15-21-27-34-52-42-53(35-28-22-16-10-2)46-58(45-52)63(62-41-33-40-61(62)51(7)8,59-47-54(36-29-23-17-11-3)43-55(48-59)37-30-24-18-12-4)60-49-56(38-31-25-19-13-5)44-57(50-60)39-32-26-20-14-6/h33,40-51H,9-32,34-39H2,1-8H3. The van der Waals surface area contributed by atoms with Crippen LogP contribution in [0, 0.1) is 11.5 Å². The molecule has 0 bridgehead atoms. The maximum absolute atomic E-state index is 2.87. The Morgan fingerprint density at radius 2 is 0.587 bits per heavy atom. The summed E-state index contributed by atoms with van der Waals surface area (Å²) in [5.74, 6) is 0.462. The second-order valence-corrected chi connectivity index (χ2v) is 24.0. The summed E-state index contributed by atoms with van der Waals surface area (Å²) in [7, 11) is -2.87. The van der Waals surface area contributed by atoms with Gasteiger partial charge in [-0.3, -0.25) is 0 Å². The SMILES string of the molecule is CCCCCCc1cc(CCCCCC)cc([Si]([C]2C=CC=C2C(C)C)(c2cc(CCCCCC)cc(CCCCCC)c2)c2cc(CCCCCC)cc(CCCCCC)c2)c1. The lowest BCUT2D eigenvalue weighted by Crippen LogP contribution is -2.71. The summed E-state index contributed by atoms with van der Waals surface area (Å²) in [4.78, 5) is 0. The third kappa shape index (κ3) is 16.9. The minimum Gasteiger partial charge on any atom is -0.0750 e. The number of hydrogen-bond acceptors (Lipinski definition) is 0. The number of benzene rings is 3. The monoisotopic (exact) mass is 870 g/mol. The van der Waals surface area contributed by atoms with E-state index in [1.54, 1.807) is 60.1 Å². The zero-order valence-corrected chi connectivity index (χ0v) is 43.7. The van der Waals surface area contributed by atoms with Crippen LogP contribution in [0.5, 0.6) is 0 Å². The van der Waals surface area contributed by atoms with Gasteiger partial charge in [0.1, 0.15) is 0 Å². The summed E-state index contributed by atoms with van der Waals surface area (Å²) >= 11 is 0. The van der Waals surface area contributed by atoms with Crippen molar-refractivity contribution in [3.05, 3.63) is 117 Å². The van der Waals surface area contributed by atoms with Gasteiger partial charge in [0.15, 0.2) is 8.07 Å². The average molecular weight is 871 g/mol. The van der Waals surface area contributed by atoms with Crippen molar-refractivity contribution in [2.24, 2.45) is 5.92 Å². The van der Waals surface area contributed by atoms with E-state index in [0.717, 1.165) is 0 Å². The van der Waals surface area contributed by atoms with Crippen LogP contribution >= 0.6 is 0 Å². The van der Waals surface area contributed by atoms with Crippen molar-refractivity contribution in [1.82, 2.24) is 0 Å². The highest BCUT2D eigenvalue weighted by Gasteiger charge is 2.49. The number of allylic oxidation sites excluding steroid dienone is 4. The van der Waals surface area contributed by atoms with Crippen LogP contribution in [-0.4, -0.2) is 8.07 Å². The molecule has 3 aromatic carbocycles. The maximum Gasteiger partial charge on any atom is 0.163 e. The van der Waals surface area contributed by atoms with Crippen molar-refractivity contribution in [2.45, 2.75) is 248 Å². The van der Waals surface area contributed by atoms with Gasteiger partial charge in [0, 0.05) is 5.54 Å². The molecule has 63 heavy (non-hydrogen) atoms. The topological polar surface area (TPSA) is 0 Å². The normalized spacial score (nSPS) is 13.2. The number of aryl methyl sites for hydroxylation is 6. The molecule has 1 aliphatic rings. The molecule has 0 aromatic heterocycles. The van der Waals surface area contributed by atoms with Gasteiger partial charge in [-0.1, -0.05) is 249 Å². The molecule has 0 fully saturated rings. The van der Waals surface area contributed by atoms with Crippen LogP contribution in [0.15, 0.2) is 78.4 Å². The predicted molar refractivity (Wildman–Crippen MR) is 286 cm³/mol. The molecule has 0 saturated heterocycles. The van der Waals surface area contributed by atoms with Crippen LogP contribution in [0.4, 0.5) is 0 Å². The fourth-order valence-corrected chi connectivity index (χ4v) is 16.1. The fourth-order valence-electron chi connectivity index (χ4n) is 10.6. The van der Waals surface area contributed by atoms with E-state index in [1.807, 2.05) is 0 Å². The highest BCUT2D eigenvalue weighted by Crippen LogP contribution is 2.37. The molecule has 4 rings (SSSR count). The van der Waals surface area contributed by atoms with Crippen molar-refractivity contribution in [1.29, 1.82) is 0 Å². The molecule has 1 heteroatoms. The molecule has 3 aromatic rings. The van der Waals surface area contributed by atoms with E-state index < -0.39 is 8.07 Å². The first-order valence-corrected chi connectivity index (χ1v) is 29.5. The summed E-state index contributed by atoms with van der Waals surface area (Å²) in [6.07, 6.45) is 46.2. The van der Waals surface area contributed by atoms with E-state index in [9.17, 15) is 0 Å². The second kappa shape index (κ2) is 30.5. The molecule has 0 heterocycles. The van der Waals surface area contributed by atoms with Gasteiger partial charge < -0.3 is 0 Å². The first-order valence-electron chi connectivity index (χ1n) is 27.5. The Morgan fingerprint density at radius 3 is 0.810 bits per heavy atom. The molecule has 0 atom stereocenters. The van der Waals surface area contributed by atoms with Gasteiger partial charge in [-0.15, -0.1) is 0 Å². The first-order chi connectivity index (χ1) is 30.8. The van der Waals surface area contributed by atoms with E-state index in [4.69, 9.17) is 0 Å². The lowest BCUT2D eigenvalue weighted by Gasteiger charge is -2.41. The van der Waals surface area contributed by atoms with Gasteiger partial charge in [-0.25, -0.2) is 0 Å². The van der Waals surface area contributed by atoms with Crippen LogP contribution in [0.2, 0.25) is 0 Å². The van der Waals surface area contributed by atoms with E-state index in [0.29, 0.717) is 5.92 Å². The van der Waals surface area contributed by atoms with Gasteiger partial charge in [0.25, 0.3) is 0 Å². The number of rotatable bonds is 35. The van der Waals surface area contributed by atoms with Gasteiger partial charge in [-0.2, -0.15) is 0 Å². The number of hydrogen-bond donors (Lipinski definition) is 0. The smallest absolute Gasteiger partial charge is 0.0750 e. The van der Waals surface area contributed by atoms with Crippen molar-refractivity contribution in [2.75, 3.05) is 0 Å². The van der Waals surface area contributed by atoms with Crippen LogP contribution < -0.4 is 15.6 Å². The third-order valence-electron chi connectivity index (χ3n) is 14.2. The predicted octanol–water partition coefficient (Wildman–Crippen LogP) is 17.2. The van der Waals surface area contributed by atoms with E-state index in [1.165, 1.54) is 193 Å². The van der Waals surface area contributed by atoms with Gasteiger partial charge in [-0.05, 0) is 132 Å². The van der Waals surface area contributed by atoms with E-state index >= 15 is 0 Å². The molecule has 0 unspecified atom stereocenters. The van der Waals surface area contributed by atoms with E-state index in [2.05, 4.69) is 128 Å². The molecule has 0 N–H and O–H groups in total. The van der Waals surface area contributed by atoms with Gasteiger partial charge >= 0.3 is 0 Å². The largest absolute Gasteiger partial charge is 0.163 e. The summed E-state index contributed by atoms with van der Waals surface area (Å²) in [5, 5.41) is 4.98. The maximum atomic E-state index is 2.79. The van der Waals surface area contributed by atoms with Crippen molar-refractivity contribution >= 4 is 23.6 Å². The second-order valence-electron chi connectivity index (χ2n) is 20.3. The summed E-state index contributed by atoms with van der Waals surface area (Å²) < 4.78 is 0. The summed E-state index contributed by atoms with van der Waals surface area (Å²) in [5.41, 5.74) is 12.8. The summed E-state index contributed by atoms with van der Waals surface area (Å²) in [6.45, 7) is 19.1. The van der Waals surface area contributed by atoms with Gasteiger partial charge in [0.05, 0.1) is 0 Å². The zero-order valence-electron chi connectivity index (χ0n) is 42.7. The van der Waals surface area contributed by atoms with Crippen molar-refractivity contribution < 1.29 is 0 Å². The molecule has 0 aliphatic heterocycles. The molecule has 0 saturated carbocycles. The van der Waals surface area contributed by atoms with Crippen molar-refractivity contribution in [3.8, 4) is 0 Å². The Hall–Kier alpha value is -2.64. The average Bonchev–Trinajstić information content (AvgIpc) is 3.78. The van der Waals surface area contributed by atoms with Crippen molar-refractivity contribution in [3.63, 3.8) is 0 Å². The van der Waals surface area contributed by atoms with Gasteiger partial charge in [0.2, 0.25) is 0 Å². The molecule has 0 spiro atoms. The Bertz CT molecular complexity index is 1490. The number of unbranched alkanes of at least 4 members (excludes halogenated alkanes) is 18. The Labute approximate surface area is 393 Å².